The minimum Gasteiger partial charge on any atom is -0.311 e. The monoisotopic (exact) mass is 285 g/mol. The lowest BCUT2D eigenvalue weighted by atomic mass is 10.0. The first kappa shape index (κ1) is 14.0. The van der Waals surface area contributed by atoms with E-state index in [1.54, 1.807) is 18.8 Å². The van der Waals surface area contributed by atoms with Crippen LogP contribution in [0.5, 0.6) is 0 Å². The van der Waals surface area contributed by atoms with Crippen molar-refractivity contribution in [3.05, 3.63) is 52.3 Å². The van der Waals surface area contributed by atoms with Gasteiger partial charge in [-0.25, -0.2) is 8.78 Å². The lowest BCUT2D eigenvalue weighted by Crippen LogP contribution is -2.23. The van der Waals surface area contributed by atoms with Crippen LogP contribution in [-0.4, -0.2) is 16.8 Å². The topological polar surface area (TPSA) is 29.9 Å². The third-order valence-electron chi connectivity index (χ3n) is 3.09. The van der Waals surface area contributed by atoms with Crippen molar-refractivity contribution in [1.82, 2.24) is 15.1 Å². The number of hydrogen-bond acceptors (Lipinski definition) is 2. The van der Waals surface area contributed by atoms with E-state index in [-0.39, 0.29) is 18.0 Å². The number of rotatable bonds is 4. The summed E-state index contributed by atoms with van der Waals surface area (Å²) in [6.45, 7) is 0. The molecule has 0 aliphatic rings. The van der Waals surface area contributed by atoms with Crippen LogP contribution in [0.1, 0.15) is 17.3 Å². The molecule has 0 aliphatic heterocycles. The average Bonchev–Trinajstić information content (AvgIpc) is 2.70. The van der Waals surface area contributed by atoms with Crippen LogP contribution < -0.4 is 5.32 Å². The van der Waals surface area contributed by atoms with Crippen molar-refractivity contribution in [3.8, 4) is 0 Å². The molecule has 102 valence electrons. The van der Waals surface area contributed by atoms with Gasteiger partial charge in [0, 0.05) is 12.6 Å². The first-order chi connectivity index (χ1) is 9.04. The molecule has 1 aromatic heterocycles. The van der Waals surface area contributed by atoms with E-state index in [4.69, 9.17) is 11.6 Å². The fourth-order valence-electron chi connectivity index (χ4n) is 2.08. The van der Waals surface area contributed by atoms with Gasteiger partial charge in [-0.1, -0.05) is 17.7 Å². The van der Waals surface area contributed by atoms with Gasteiger partial charge in [-0.05, 0) is 25.6 Å². The van der Waals surface area contributed by atoms with Crippen molar-refractivity contribution >= 4 is 11.6 Å². The van der Waals surface area contributed by atoms with Gasteiger partial charge in [0.1, 0.15) is 11.6 Å². The maximum absolute atomic E-state index is 13.7. The van der Waals surface area contributed by atoms with Crippen LogP contribution in [0.25, 0.3) is 0 Å². The zero-order valence-corrected chi connectivity index (χ0v) is 11.4. The number of nitrogens with one attached hydrogen (secondary N) is 1. The Morgan fingerprint density at radius 2 is 2.00 bits per heavy atom. The van der Waals surface area contributed by atoms with E-state index >= 15 is 0 Å². The fraction of sp³-hybridized carbons (Fsp3) is 0.308. The number of aryl methyl sites for hydroxylation is 1. The van der Waals surface area contributed by atoms with E-state index in [9.17, 15) is 8.78 Å². The first-order valence-corrected chi connectivity index (χ1v) is 6.20. The second kappa shape index (κ2) is 5.67. The van der Waals surface area contributed by atoms with Gasteiger partial charge in [0.15, 0.2) is 0 Å². The van der Waals surface area contributed by atoms with Crippen LogP contribution in [0.3, 0.4) is 0 Å². The second-order valence-electron chi connectivity index (χ2n) is 4.25. The SMILES string of the molecule is CNC(Cc1c(F)cccc1F)c1c(Cl)cnn1C. The summed E-state index contributed by atoms with van der Waals surface area (Å²) in [4.78, 5) is 0. The summed E-state index contributed by atoms with van der Waals surface area (Å²) < 4.78 is 28.9. The summed E-state index contributed by atoms with van der Waals surface area (Å²) >= 11 is 6.05. The van der Waals surface area contributed by atoms with Crippen LogP contribution in [0.15, 0.2) is 24.4 Å². The molecule has 3 nitrogen and oxygen atoms in total. The molecule has 2 rings (SSSR count). The average molecular weight is 286 g/mol. The predicted molar refractivity (Wildman–Crippen MR) is 70.1 cm³/mol. The summed E-state index contributed by atoms with van der Waals surface area (Å²) in [6.07, 6.45) is 1.67. The first-order valence-electron chi connectivity index (χ1n) is 5.82. The highest BCUT2D eigenvalue weighted by Crippen LogP contribution is 2.26. The third-order valence-corrected chi connectivity index (χ3v) is 3.38. The number of nitrogens with zero attached hydrogens (tertiary/aromatic N) is 2. The molecule has 1 N–H and O–H groups in total. The fourth-order valence-corrected chi connectivity index (χ4v) is 2.38. The Morgan fingerprint density at radius 3 is 2.47 bits per heavy atom. The molecule has 1 atom stereocenters. The van der Waals surface area contributed by atoms with Crippen molar-refractivity contribution < 1.29 is 8.78 Å². The number of benzene rings is 1. The Balaban J connectivity index is 2.35. The van der Waals surface area contributed by atoms with Crippen molar-refractivity contribution in [2.75, 3.05) is 7.05 Å². The third kappa shape index (κ3) is 2.77. The molecular weight excluding hydrogens is 272 g/mol. The Labute approximate surface area is 115 Å². The van der Waals surface area contributed by atoms with E-state index < -0.39 is 11.6 Å². The minimum absolute atomic E-state index is 0.0408. The molecule has 6 heteroatoms. The van der Waals surface area contributed by atoms with Gasteiger partial charge in [0.25, 0.3) is 0 Å². The van der Waals surface area contributed by atoms with E-state index in [1.165, 1.54) is 24.4 Å². The Bertz CT molecular complexity index is 544. The largest absolute Gasteiger partial charge is 0.311 e. The van der Waals surface area contributed by atoms with Gasteiger partial charge in [-0.2, -0.15) is 5.10 Å². The van der Waals surface area contributed by atoms with Gasteiger partial charge < -0.3 is 5.32 Å². The smallest absolute Gasteiger partial charge is 0.129 e. The molecule has 1 heterocycles. The normalized spacial score (nSPS) is 12.7. The molecule has 2 aromatic rings. The van der Waals surface area contributed by atoms with Crippen LogP contribution in [0, 0.1) is 11.6 Å². The van der Waals surface area contributed by atoms with Crippen molar-refractivity contribution in [1.29, 1.82) is 0 Å². The zero-order chi connectivity index (χ0) is 14.0. The molecule has 0 saturated carbocycles. The van der Waals surface area contributed by atoms with Gasteiger partial charge in [0.2, 0.25) is 0 Å². The number of halogens is 3. The van der Waals surface area contributed by atoms with Crippen LogP contribution in [0.2, 0.25) is 5.02 Å². The zero-order valence-electron chi connectivity index (χ0n) is 10.6. The molecule has 0 amide bonds. The van der Waals surface area contributed by atoms with Gasteiger partial charge in [0.05, 0.1) is 23.0 Å². The molecule has 19 heavy (non-hydrogen) atoms. The molecule has 0 radical (unpaired) electrons. The summed E-state index contributed by atoms with van der Waals surface area (Å²) in [6, 6.07) is 3.53. The van der Waals surface area contributed by atoms with Crippen LogP contribution in [-0.2, 0) is 13.5 Å². The summed E-state index contributed by atoms with van der Waals surface area (Å²) in [5.41, 5.74) is 0.742. The van der Waals surface area contributed by atoms with Crippen LogP contribution in [0.4, 0.5) is 8.78 Å². The van der Waals surface area contributed by atoms with Crippen molar-refractivity contribution in [2.24, 2.45) is 7.05 Å². The van der Waals surface area contributed by atoms with Crippen molar-refractivity contribution in [3.63, 3.8) is 0 Å². The minimum atomic E-state index is -0.557. The number of aromatic nitrogens is 2. The van der Waals surface area contributed by atoms with Gasteiger partial charge >= 0.3 is 0 Å². The lowest BCUT2D eigenvalue weighted by molar-refractivity contribution is 0.494. The number of likely N-dealkylation sites (N-methyl/N-ethyl adjacent to an activating group) is 1. The predicted octanol–water partition coefficient (Wildman–Crippen LogP) is 2.85. The van der Waals surface area contributed by atoms with Gasteiger partial charge in [-0.3, -0.25) is 4.68 Å². The Kier molecular flexibility index (Phi) is 4.17. The molecule has 1 unspecified atom stereocenters. The number of hydrogen-bond donors (Lipinski definition) is 1. The lowest BCUT2D eigenvalue weighted by Gasteiger charge is -2.18. The highest BCUT2D eigenvalue weighted by atomic mass is 35.5. The highest BCUT2D eigenvalue weighted by Gasteiger charge is 2.21. The van der Waals surface area contributed by atoms with E-state index in [2.05, 4.69) is 10.4 Å². The Morgan fingerprint density at radius 1 is 1.37 bits per heavy atom. The molecule has 0 fully saturated rings. The quantitative estimate of drug-likeness (QED) is 0.936. The summed E-state index contributed by atoms with van der Waals surface area (Å²) in [5.74, 6) is -1.11. The summed E-state index contributed by atoms with van der Waals surface area (Å²) in [5, 5.41) is 7.51. The Hall–Kier alpha value is -1.46. The molecule has 0 spiro atoms. The molecule has 0 bridgehead atoms. The standard InChI is InChI=1S/C13H14ClF2N3/c1-17-12(13-9(14)7-18-19(13)2)6-8-10(15)4-3-5-11(8)16/h3-5,7,12,17H,6H2,1-2H3. The molecule has 1 aromatic carbocycles. The maximum atomic E-state index is 13.7. The second-order valence-corrected chi connectivity index (χ2v) is 4.65. The van der Waals surface area contributed by atoms with E-state index in [1.807, 2.05) is 0 Å². The molecular formula is C13H14ClF2N3. The van der Waals surface area contributed by atoms with Gasteiger partial charge in [-0.15, -0.1) is 0 Å². The maximum Gasteiger partial charge on any atom is 0.129 e. The van der Waals surface area contributed by atoms with Crippen molar-refractivity contribution in [2.45, 2.75) is 12.5 Å². The highest BCUT2D eigenvalue weighted by molar-refractivity contribution is 6.31. The van der Waals surface area contributed by atoms with E-state index in [0.29, 0.717) is 10.7 Å². The summed E-state index contributed by atoms with van der Waals surface area (Å²) in [7, 11) is 3.45. The van der Waals surface area contributed by atoms with E-state index in [0.717, 1.165) is 0 Å². The van der Waals surface area contributed by atoms with Crippen LogP contribution >= 0.6 is 11.6 Å². The molecule has 0 saturated heterocycles. The molecule has 0 aliphatic carbocycles.